The number of non-ortho nitro benzene ring substituents is 1. The van der Waals surface area contributed by atoms with E-state index in [0.29, 0.717) is 11.4 Å². The summed E-state index contributed by atoms with van der Waals surface area (Å²) in [5.41, 5.74) is 3.87. The predicted octanol–water partition coefficient (Wildman–Crippen LogP) is 5.65. The minimum absolute atomic E-state index is 0.199. The number of hydrogen-bond acceptors (Lipinski definition) is 5. The van der Waals surface area contributed by atoms with Crippen LogP contribution in [0.15, 0.2) is 72.8 Å². The Morgan fingerprint density at radius 1 is 0.969 bits per heavy atom. The molecule has 0 saturated carbocycles. The van der Waals surface area contributed by atoms with E-state index in [2.05, 4.69) is 15.5 Å². The normalized spacial score (nSPS) is 10.6. The summed E-state index contributed by atoms with van der Waals surface area (Å²) in [5.74, 6) is 0.307. The molecule has 4 aromatic rings. The molecule has 0 spiro atoms. The minimum atomic E-state index is -0.537. The van der Waals surface area contributed by atoms with Gasteiger partial charge in [0.15, 0.2) is 0 Å². The first-order valence-electron chi connectivity index (χ1n) is 9.85. The molecule has 0 atom stereocenters. The molecule has 32 heavy (non-hydrogen) atoms. The summed E-state index contributed by atoms with van der Waals surface area (Å²) in [6.45, 7) is 3.91. The van der Waals surface area contributed by atoms with Gasteiger partial charge >= 0.3 is 0 Å². The molecule has 160 valence electrons. The van der Waals surface area contributed by atoms with Crippen LogP contribution in [0.25, 0.3) is 11.3 Å². The van der Waals surface area contributed by atoms with Gasteiger partial charge in [-0.05, 0) is 37.6 Å². The van der Waals surface area contributed by atoms with E-state index >= 15 is 0 Å². The lowest BCUT2D eigenvalue weighted by Crippen LogP contribution is -2.12. The number of aromatic nitrogens is 2. The number of aromatic amines is 1. The number of rotatable bonds is 6. The molecule has 2 N–H and O–H groups in total. The molecule has 0 bridgehead atoms. The molecule has 4 rings (SSSR count). The lowest BCUT2D eigenvalue weighted by molar-refractivity contribution is -0.384. The van der Waals surface area contributed by atoms with Gasteiger partial charge in [0, 0.05) is 17.7 Å². The van der Waals surface area contributed by atoms with Crippen molar-refractivity contribution in [3.8, 4) is 22.8 Å². The highest BCUT2D eigenvalue weighted by molar-refractivity contribution is 6.03. The van der Waals surface area contributed by atoms with E-state index in [4.69, 9.17) is 4.74 Å². The van der Waals surface area contributed by atoms with Gasteiger partial charge in [-0.3, -0.25) is 20.0 Å². The monoisotopic (exact) mass is 428 g/mol. The molecule has 0 unspecified atom stereocenters. The zero-order valence-electron chi connectivity index (χ0n) is 17.5. The predicted molar refractivity (Wildman–Crippen MR) is 121 cm³/mol. The van der Waals surface area contributed by atoms with Gasteiger partial charge in [-0.2, -0.15) is 5.10 Å². The van der Waals surface area contributed by atoms with Crippen LogP contribution in [-0.2, 0) is 0 Å². The summed E-state index contributed by atoms with van der Waals surface area (Å²) in [6.07, 6.45) is 0. The van der Waals surface area contributed by atoms with Crippen LogP contribution < -0.4 is 10.1 Å². The van der Waals surface area contributed by atoms with E-state index in [9.17, 15) is 14.9 Å². The van der Waals surface area contributed by atoms with Crippen LogP contribution in [0.5, 0.6) is 11.5 Å². The van der Waals surface area contributed by atoms with Crippen LogP contribution in [0.2, 0.25) is 0 Å². The average molecular weight is 428 g/mol. The number of nitrogens with one attached hydrogen (secondary N) is 2. The van der Waals surface area contributed by atoms with Gasteiger partial charge in [0.05, 0.1) is 22.4 Å². The number of ether oxygens (including phenoxy) is 1. The number of aryl methyl sites for hydroxylation is 2. The van der Waals surface area contributed by atoms with Gasteiger partial charge in [0.25, 0.3) is 11.6 Å². The minimum Gasteiger partial charge on any atom is -0.457 e. The zero-order valence-corrected chi connectivity index (χ0v) is 17.5. The molecule has 1 aromatic heterocycles. The number of carbonyl (C=O) groups is 1. The van der Waals surface area contributed by atoms with Crippen molar-refractivity contribution >= 4 is 17.3 Å². The largest absolute Gasteiger partial charge is 0.457 e. The summed E-state index contributed by atoms with van der Waals surface area (Å²) in [6, 6.07) is 20.8. The number of anilines is 1. The standard InChI is InChI=1S/C24H20N4O4/c1-15-6-8-17(9-7-15)22-14-23(27-26-22)24(29)25-18-11-19(28(30)31)13-21(12-18)32-20-5-3-4-16(2)10-20/h3-14H,1-2H3,(H,25,29)(H,26,27). The third-order valence-corrected chi connectivity index (χ3v) is 4.76. The maximum Gasteiger partial charge on any atom is 0.275 e. The van der Waals surface area contributed by atoms with E-state index < -0.39 is 10.8 Å². The highest BCUT2D eigenvalue weighted by Gasteiger charge is 2.16. The summed E-state index contributed by atoms with van der Waals surface area (Å²) in [7, 11) is 0. The molecule has 3 aromatic carbocycles. The van der Waals surface area contributed by atoms with Gasteiger partial charge in [-0.1, -0.05) is 42.0 Å². The fourth-order valence-electron chi connectivity index (χ4n) is 3.14. The van der Waals surface area contributed by atoms with Crippen molar-refractivity contribution in [2.75, 3.05) is 5.32 Å². The van der Waals surface area contributed by atoms with Gasteiger partial charge in [0.2, 0.25) is 0 Å². The van der Waals surface area contributed by atoms with E-state index in [1.54, 1.807) is 12.1 Å². The third kappa shape index (κ3) is 4.81. The van der Waals surface area contributed by atoms with Crippen LogP contribution >= 0.6 is 0 Å². The number of hydrogen-bond donors (Lipinski definition) is 2. The molecule has 1 amide bonds. The Labute approximate surface area is 184 Å². The Morgan fingerprint density at radius 3 is 2.47 bits per heavy atom. The van der Waals surface area contributed by atoms with Crippen molar-refractivity contribution in [3.63, 3.8) is 0 Å². The molecule has 8 heteroatoms. The van der Waals surface area contributed by atoms with Crippen LogP contribution in [0, 0.1) is 24.0 Å². The Bertz CT molecular complexity index is 1300. The Balaban J connectivity index is 1.56. The van der Waals surface area contributed by atoms with Gasteiger partial charge < -0.3 is 10.1 Å². The Kier molecular flexibility index (Phi) is 5.67. The lowest BCUT2D eigenvalue weighted by Gasteiger charge is -2.09. The quantitative estimate of drug-likeness (QED) is 0.305. The molecule has 0 saturated heterocycles. The maximum atomic E-state index is 12.7. The van der Waals surface area contributed by atoms with Gasteiger partial charge in [-0.15, -0.1) is 0 Å². The number of benzene rings is 3. The molecule has 0 radical (unpaired) electrons. The molecule has 0 aliphatic heterocycles. The van der Waals surface area contributed by atoms with E-state index in [1.807, 2.05) is 56.3 Å². The van der Waals surface area contributed by atoms with Crippen molar-refractivity contribution in [2.45, 2.75) is 13.8 Å². The second kappa shape index (κ2) is 8.73. The average Bonchev–Trinajstić information content (AvgIpc) is 3.24. The SMILES string of the molecule is Cc1ccc(-c2cc(C(=O)Nc3cc(Oc4cccc(C)c4)cc([N+](=O)[O-])c3)[nH]n2)cc1. The van der Waals surface area contributed by atoms with Crippen LogP contribution in [0.3, 0.4) is 0 Å². The molecular weight excluding hydrogens is 408 g/mol. The molecule has 0 aliphatic carbocycles. The van der Waals surface area contributed by atoms with Crippen molar-refractivity contribution in [2.24, 2.45) is 0 Å². The first kappa shape index (κ1) is 20.8. The second-order valence-corrected chi connectivity index (χ2v) is 7.38. The van der Waals surface area contributed by atoms with Crippen molar-refractivity contribution in [1.29, 1.82) is 0 Å². The number of nitro groups is 1. The fraction of sp³-hybridized carbons (Fsp3) is 0.0833. The van der Waals surface area contributed by atoms with Crippen molar-refractivity contribution in [3.05, 3.63) is 99.7 Å². The van der Waals surface area contributed by atoms with Crippen molar-refractivity contribution < 1.29 is 14.5 Å². The topological polar surface area (TPSA) is 110 Å². The number of carbonyl (C=O) groups excluding carboxylic acids is 1. The summed E-state index contributed by atoms with van der Waals surface area (Å²) < 4.78 is 5.77. The fourth-order valence-corrected chi connectivity index (χ4v) is 3.14. The Morgan fingerprint density at radius 2 is 1.75 bits per heavy atom. The number of amides is 1. The summed E-state index contributed by atoms with van der Waals surface area (Å²) in [4.78, 5) is 23.6. The third-order valence-electron chi connectivity index (χ3n) is 4.76. The van der Waals surface area contributed by atoms with Gasteiger partial charge in [0.1, 0.15) is 17.2 Å². The van der Waals surface area contributed by atoms with Crippen molar-refractivity contribution in [1.82, 2.24) is 10.2 Å². The smallest absolute Gasteiger partial charge is 0.275 e. The van der Waals surface area contributed by atoms with Gasteiger partial charge in [-0.25, -0.2) is 0 Å². The van der Waals surface area contributed by atoms with E-state index in [1.165, 1.54) is 18.2 Å². The first-order chi connectivity index (χ1) is 15.4. The number of H-pyrrole nitrogens is 1. The molecule has 0 fully saturated rings. The molecule has 0 aliphatic rings. The highest BCUT2D eigenvalue weighted by Crippen LogP contribution is 2.30. The van der Waals surface area contributed by atoms with Crippen LogP contribution in [0.4, 0.5) is 11.4 Å². The molecule has 8 nitrogen and oxygen atoms in total. The summed E-state index contributed by atoms with van der Waals surface area (Å²) >= 11 is 0. The summed E-state index contributed by atoms with van der Waals surface area (Å²) in [5, 5.41) is 20.9. The van der Waals surface area contributed by atoms with Crippen LogP contribution in [-0.4, -0.2) is 21.0 Å². The molecular formula is C24H20N4O4. The molecule has 1 heterocycles. The van der Waals surface area contributed by atoms with E-state index in [-0.39, 0.29) is 22.8 Å². The second-order valence-electron chi connectivity index (χ2n) is 7.38. The zero-order chi connectivity index (χ0) is 22.7. The number of nitro benzene ring substituents is 1. The first-order valence-corrected chi connectivity index (χ1v) is 9.85. The highest BCUT2D eigenvalue weighted by atomic mass is 16.6. The lowest BCUT2D eigenvalue weighted by atomic mass is 10.1. The maximum absolute atomic E-state index is 12.7. The number of nitrogens with zero attached hydrogens (tertiary/aromatic N) is 2. The van der Waals surface area contributed by atoms with E-state index in [0.717, 1.165) is 16.7 Å². The van der Waals surface area contributed by atoms with Crippen LogP contribution in [0.1, 0.15) is 21.6 Å². The Hall–Kier alpha value is -4.46.